The molecule has 5 heteroatoms. The minimum Gasteiger partial charge on any atom is -0.358 e. The summed E-state index contributed by atoms with van der Waals surface area (Å²) < 4.78 is 28.5. The van der Waals surface area contributed by atoms with Crippen LogP contribution in [0, 0.1) is 23.1 Å². The van der Waals surface area contributed by atoms with Gasteiger partial charge in [0.05, 0.1) is 11.6 Å². The zero-order valence-electron chi connectivity index (χ0n) is 26.7. The van der Waals surface area contributed by atoms with Gasteiger partial charge >= 0.3 is 0 Å². The molecule has 0 radical (unpaired) electrons. The van der Waals surface area contributed by atoms with Crippen LogP contribution in [0.2, 0.25) is 0 Å². The second-order valence-electron chi connectivity index (χ2n) is 12.5. The summed E-state index contributed by atoms with van der Waals surface area (Å²) in [6.45, 7) is 14.1. The highest BCUT2D eigenvalue weighted by atomic mass is 19.1. The quantitative estimate of drug-likeness (QED) is 0.222. The van der Waals surface area contributed by atoms with Gasteiger partial charge < -0.3 is 10.6 Å². The van der Waals surface area contributed by atoms with E-state index in [-0.39, 0.29) is 11.1 Å². The molecule has 0 aromatic heterocycles. The molecule has 3 nitrogen and oxygen atoms in total. The van der Waals surface area contributed by atoms with E-state index in [1.807, 2.05) is 18.2 Å². The highest BCUT2D eigenvalue weighted by Gasteiger charge is 2.30. The predicted octanol–water partition coefficient (Wildman–Crippen LogP) is 10.8. The monoisotopic (exact) mass is 585 g/mol. The summed E-state index contributed by atoms with van der Waals surface area (Å²) in [5.74, 6) is 0.486. The molecule has 2 N–H and O–H groups in total. The molecular weight excluding hydrogens is 536 g/mol. The number of rotatable bonds is 12. The Morgan fingerprint density at radius 1 is 0.953 bits per heavy atom. The first-order chi connectivity index (χ1) is 20.5. The standard InChI is InChI=1S/C32H37F2N3.C6H12/c1-6-17-32(18-7-2,27-13-11-25(12-14-27)26-10-8-9-24(19-26)21-35)36-22-23(3)37-28-15-16-30(33)29(20-28)31(4,5)34;1-6-4-2-3-5-6/h8-16,19-20,36-37H,3,6-7,17-18,22H2,1-2,4-5H3;6H,2-5H2,1H3. The Labute approximate surface area is 258 Å². The van der Waals surface area contributed by atoms with Crippen LogP contribution in [0.15, 0.2) is 79.0 Å². The van der Waals surface area contributed by atoms with E-state index in [1.165, 1.54) is 57.2 Å². The van der Waals surface area contributed by atoms with Gasteiger partial charge in [-0.3, -0.25) is 0 Å². The Morgan fingerprint density at radius 3 is 2.14 bits per heavy atom. The Morgan fingerprint density at radius 2 is 1.60 bits per heavy atom. The number of nitrogens with zero attached hydrogens (tertiary/aromatic N) is 1. The van der Waals surface area contributed by atoms with Crippen molar-refractivity contribution in [3.63, 3.8) is 0 Å². The molecule has 1 aliphatic rings. The van der Waals surface area contributed by atoms with Gasteiger partial charge in [0.1, 0.15) is 11.5 Å². The lowest BCUT2D eigenvalue weighted by Crippen LogP contribution is -2.43. The summed E-state index contributed by atoms with van der Waals surface area (Å²) in [6.07, 6.45) is 9.86. The van der Waals surface area contributed by atoms with E-state index in [4.69, 9.17) is 0 Å². The maximum Gasteiger partial charge on any atom is 0.133 e. The number of nitriles is 1. The third-order valence-electron chi connectivity index (χ3n) is 8.33. The summed E-state index contributed by atoms with van der Waals surface area (Å²) in [7, 11) is 0. The molecule has 0 saturated heterocycles. The average Bonchev–Trinajstić information content (AvgIpc) is 3.48. The first kappa shape index (κ1) is 34.0. The third kappa shape index (κ3) is 9.76. The molecule has 1 fully saturated rings. The summed E-state index contributed by atoms with van der Waals surface area (Å²) in [5, 5.41) is 16.2. The molecule has 0 atom stereocenters. The summed E-state index contributed by atoms with van der Waals surface area (Å²) in [5.41, 5.74) is 3.25. The van der Waals surface area contributed by atoms with Crippen LogP contribution in [0.4, 0.5) is 14.5 Å². The molecule has 0 bridgehead atoms. The number of alkyl halides is 1. The zero-order chi connectivity index (χ0) is 31.5. The van der Waals surface area contributed by atoms with Gasteiger partial charge in [-0.1, -0.05) is 102 Å². The van der Waals surface area contributed by atoms with E-state index < -0.39 is 11.5 Å². The second kappa shape index (κ2) is 15.8. The van der Waals surface area contributed by atoms with Crippen molar-refractivity contribution in [2.75, 3.05) is 11.9 Å². The lowest BCUT2D eigenvalue weighted by atomic mass is 9.81. The van der Waals surface area contributed by atoms with Crippen LogP contribution in [-0.4, -0.2) is 6.54 Å². The van der Waals surface area contributed by atoms with Crippen molar-refractivity contribution in [2.24, 2.45) is 5.92 Å². The lowest BCUT2D eigenvalue weighted by Gasteiger charge is -2.36. The van der Waals surface area contributed by atoms with E-state index in [0.29, 0.717) is 17.8 Å². The Balaban J connectivity index is 0.000000749. The average molecular weight is 586 g/mol. The van der Waals surface area contributed by atoms with Crippen LogP contribution in [-0.2, 0) is 11.2 Å². The van der Waals surface area contributed by atoms with Crippen molar-refractivity contribution in [1.82, 2.24) is 5.32 Å². The molecular formula is C38H49F2N3. The fraction of sp³-hybridized carbons (Fsp3) is 0.447. The van der Waals surface area contributed by atoms with Crippen molar-refractivity contribution in [2.45, 2.75) is 97.2 Å². The van der Waals surface area contributed by atoms with Gasteiger partial charge in [0.15, 0.2) is 0 Å². The minimum atomic E-state index is -1.78. The van der Waals surface area contributed by atoms with E-state index in [2.05, 4.69) is 68.3 Å². The lowest BCUT2D eigenvalue weighted by molar-refractivity contribution is 0.214. The van der Waals surface area contributed by atoms with Crippen LogP contribution in [0.25, 0.3) is 11.1 Å². The highest BCUT2D eigenvalue weighted by Crippen LogP contribution is 2.34. The smallest absolute Gasteiger partial charge is 0.133 e. The largest absolute Gasteiger partial charge is 0.358 e. The van der Waals surface area contributed by atoms with Crippen molar-refractivity contribution < 1.29 is 8.78 Å². The first-order valence-electron chi connectivity index (χ1n) is 15.8. The first-order valence-corrected chi connectivity index (χ1v) is 15.8. The Hall–Kier alpha value is -3.49. The molecule has 3 aromatic rings. The SMILES string of the molecule is C=C(CNC(CCC)(CCC)c1ccc(-c2cccc(C#N)c2)cc1)Nc1ccc(F)c(C(C)(C)F)c1.CC1CCCC1. The van der Waals surface area contributed by atoms with E-state index >= 15 is 0 Å². The van der Waals surface area contributed by atoms with Gasteiger partial charge in [-0.2, -0.15) is 5.26 Å². The molecule has 1 aliphatic carbocycles. The highest BCUT2D eigenvalue weighted by molar-refractivity contribution is 5.65. The zero-order valence-corrected chi connectivity index (χ0v) is 26.7. The molecule has 0 heterocycles. The van der Waals surface area contributed by atoms with Crippen molar-refractivity contribution >= 4 is 5.69 Å². The maximum atomic E-state index is 14.4. The number of anilines is 1. The van der Waals surface area contributed by atoms with E-state index in [9.17, 15) is 14.0 Å². The Bertz CT molecular complexity index is 1350. The number of benzene rings is 3. The molecule has 4 rings (SSSR count). The normalized spacial score (nSPS) is 13.6. The number of hydrogen-bond donors (Lipinski definition) is 2. The summed E-state index contributed by atoms with van der Waals surface area (Å²) in [4.78, 5) is 0. The molecule has 43 heavy (non-hydrogen) atoms. The molecule has 230 valence electrons. The van der Waals surface area contributed by atoms with Gasteiger partial charge in [0, 0.05) is 29.0 Å². The number of halogens is 2. The van der Waals surface area contributed by atoms with Crippen LogP contribution in [0.5, 0.6) is 0 Å². The Kier molecular flexibility index (Phi) is 12.5. The van der Waals surface area contributed by atoms with Gasteiger partial charge in [-0.25, -0.2) is 8.78 Å². The van der Waals surface area contributed by atoms with E-state index in [1.54, 1.807) is 12.1 Å². The van der Waals surface area contributed by atoms with Crippen LogP contribution in [0.3, 0.4) is 0 Å². The molecule has 0 aliphatic heterocycles. The number of hydrogen-bond acceptors (Lipinski definition) is 3. The van der Waals surface area contributed by atoms with Crippen LogP contribution in [0.1, 0.15) is 103 Å². The maximum absolute atomic E-state index is 14.4. The summed E-state index contributed by atoms with van der Waals surface area (Å²) >= 11 is 0. The van der Waals surface area contributed by atoms with Gasteiger partial charge in [-0.15, -0.1) is 0 Å². The predicted molar refractivity (Wildman–Crippen MR) is 177 cm³/mol. The van der Waals surface area contributed by atoms with Crippen molar-refractivity contribution in [3.05, 3.63) is 102 Å². The minimum absolute atomic E-state index is 0.0185. The van der Waals surface area contributed by atoms with Crippen LogP contribution >= 0.6 is 0 Å². The molecule has 0 amide bonds. The topological polar surface area (TPSA) is 47.9 Å². The van der Waals surface area contributed by atoms with Gasteiger partial charge in [-0.05, 0) is 79.6 Å². The molecule has 1 saturated carbocycles. The van der Waals surface area contributed by atoms with Gasteiger partial charge in [0.2, 0.25) is 0 Å². The summed E-state index contributed by atoms with van der Waals surface area (Å²) in [6, 6.07) is 22.8. The molecule has 0 spiro atoms. The number of nitrogens with one attached hydrogen (secondary N) is 2. The van der Waals surface area contributed by atoms with Gasteiger partial charge in [0.25, 0.3) is 0 Å². The fourth-order valence-corrected chi connectivity index (χ4v) is 6.01. The molecule has 3 aromatic carbocycles. The fourth-order valence-electron chi connectivity index (χ4n) is 6.01. The van der Waals surface area contributed by atoms with Crippen LogP contribution < -0.4 is 10.6 Å². The molecule has 0 unspecified atom stereocenters. The third-order valence-corrected chi connectivity index (χ3v) is 8.33. The van der Waals surface area contributed by atoms with Crippen molar-refractivity contribution in [1.29, 1.82) is 5.26 Å². The van der Waals surface area contributed by atoms with E-state index in [0.717, 1.165) is 48.4 Å². The van der Waals surface area contributed by atoms with Crippen molar-refractivity contribution in [3.8, 4) is 17.2 Å². The second-order valence-corrected chi connectivity index (χ2v) is 12.5.